The maximum atomic E-state index is 12.4. The van der Waals surface area contributed by atoms with Crippen LogP contribution < -0.4 is 5.32 Å². The van der Waals surface area contributed by atoms with E-state index in [1.807, 2.05) is 13.8 Å². The molecule has 2 rings (SSSR count). The molecule has 0 aliphatic rings. The van der Waals surface area contributed by atoms with Crippen LogP contribution in [0.5, 0.6) is 0 Å². The summed E-state index contributed by atoms with van der Waals surface area (Å²) in [6.07, 6.45) is 0. The van der Waals surface area contributed by atoms with E-state index in [1.54, 1.807) is 26.0 Å². The summed E-state index contributed by atoms with van der Waals surface area (Å²) >= 11 is 1.37. The number of carboxylic acid groups (broad SMARTS) is 1. The first-order valence-electron chi connectivity index (χ1n) is 6.40. The highest BCUT2D eigenvalue weighted by atomic mass is 32.1. The van der Waals surface area contributed by atoms with Gasteiger partial charge in [-0.15, -0.1) is 11.3 Å². The summed E-state index contributed by atoms with van der Waals surface area (Å²) in [6.45, 7) is 7.18. The van der Waals surface area contributed by atoms with Crippen LogP contribution in [0.3, 0.4) is 0 Å². The van der Waals surface area contributed by atoms with Crippen LogP contribution >= 0.6 is 11.3 Å². The van der Waals surface area contributed by atoms with Crippen LogP contribution in [0.4, 0.5) is 5.13 Å². The maximum Gasteiger partial charge on any atom is 0.336 e. The minimum Gasteiger partial charge on any atom is -0.478 e. The van der Waals surface area contributed by atoms with Gasteiger partial charge in [-0.25, -0.2) is 9.78 Å². The number of hydrogen-bond acceptors (Lipinski definition) is 4. The second-order valence-electron chi connectivity index (χ2n) is 4.87. The molecule has 0 atom stereocenters. The van der Waals surface area contributed by atoms with Gasteiger partial charge in [0.1, 0.15) is 0 Å². The van der Waals surface area contributed by atoms with Gasteiger partial charge in [0.05, 0.1) is 16.8 Å². The molecule has 0 fully saturated rings. The van der Waals surface area contributed by atoms with Crippen LogP contribution in [0.25, 0.3) is 0 Å². The molecule has 0 unspecified atom stereocenters. The summed E-state index contributed by atoms with van der Waals surface area (Å²) in [6, 6.07) is 3.45. The molecule has 1 heterocycles. The second-order valence-corrected chi connectivity index (χ2v) is 6.07. The number of aromatic carboxylic acids is 1. The van der Waals surface area contributed by atoms with Crippen molar-refractivity contribution in [2.75, 3.05) is 5.32 Å². The van der Waals surface area contributed by atoms with E-state index < -0.39 is 11.9 Å². The Balaban J connectivity index is 2.43. The molecule has 0 radical (unpaired) electrons. The average Bonchev–Trinajstić information content (AvgIpc) is 2.70. The molecule has 6 heteroatoms. The van der Waals surface area contributed by atoms with Crippen molar-refractivity contribution in [3.8, 4) is 0 Å². The van der Waals surface area contributed by atoms with Gasteiger partial charge in [-0.2, -0.15) is 0 Å². The lowest BCUT2D eigenvalue weighted by molar-refractivity contribution is 0.0691. The number of nitrogens with one attached hydrogen (secondary N) is 1. The Hall–Kier alpha value is -2.21. The van der Waals surface area contributed by atoms with Gasteiger partial charge in [0.25, 0.3) is 5.91 Å². The molecule has 2 aromatic rings. The number of amides is 1. The molecule has 0 saturated heterocycles. The molecule has 110 valence electrons. The number of benzene rings is 1. The minimum absolute atomic E-state index is 0.0394. The molecular formula is C15H16N2O3S. The Morgan fingerprint density at radius 2 is 1.67 bits per heavy atom. The Bertz CT molecular complexity index is 715. The summed E-state index contributed by atoms with van der Waals surface area (Å²) in [7, 11) is 0. The quantitative estimate of drug-likeness (QED) is 0.911. The molecule has 5 nitrogen and oxygen atoms in total. The predicted molar refractivity (Wildman–Crippen MR) is 82.4 cm³/mol. The standard InChI is InChI=1S/C15H16N2O3S/c1-7-5-6-8(2)12(14(19)20)11(7)13(18)17-15-16-9(3)10(4)21-15/h5-6H,1-4H3,(H,19,20)(H,16,17,18). The smallest absolute Gasteiger partial charge is 0.336 e. The van der Waals surface area contributed by atoms with Gasteiger partial charge in [-0.05, 0) is 38.8 Å². The van der Waals surface area contributed by atoms with E-state index in [1.165, 1.54) is 11.3 Å². The fraction of sp³-hybridized carbons (Fsp3) is 0.267. The molecule has 0 spiro atoms. The Kier molecular flexibility index (Phi) is 4.09. The molecule has 21 heavy (non-hydrogen) atoms. The number of aromatic nitrogens is 1. The van der Waals surface area contributed by atoms with E-state index in [-0.39, 0.29) is 11.1 Å². The van der Waals surface area contributed by atoms with Crippen LogP contribution in [0, 0.1) is 27.7 Å². The van der Waals surface area contributed by atoms with Crippen molar-refractivity contribution in [1.82, 2.24) is 4.98 Å². The maximum absolute atomic E-state index is 12.4. The normalized spacial score (nSPS) is 10.5. The third kappa shape index (κ3) is 2.95. The van der Waals surface area contributed by atoms with Gasteiger partial charge in [0.2, 0.25) is 0 Å². The lowest BCUT2D eigenvalue weighted by atomic mass is 9.96. The Labute approximate surface area is 126 Å². The zero-order chi connectivity index (χ0) is 15.7. The highest BCUT2D eigenvalue weighted by Gasteiger charge is 2.22. The molecule has 0 saturated carbocycles. The van der Waals surface area contributed by atoms with Crippen LogP contribution in [0.15, 0.2) is 12.1 Å². The van der Waals surface area contributed by atoms with Gasteiger partial charge in [0, 0.05) is 4.88 Å². The van der Waals surface area contributed by atoms with Crippen molar-refractivity contribution in [2.24, 2.45) is 0 Å². The number of hydrogen-bond donors (Lipinski definition) is 2. The number of carboxylic acids is 1. The number of rotatable bonds is 3. The molecule has 2 N–H and O–H groups in total. The molecule has 1 aromatic heterocycles. The number of anilines is 1. The summed E-state index contributed by atoms with van der Waals surface area (Å²) < 4.78 is 0. The fourth-order valence-corrected chi connectivity index (χ4v) is 2.87. The third-order valence-electron chi connectivity index (χ3n) is 3.31. The van der Waals surface area contributed by atoms with Crippen molar-refractivity contribution in [3.05, 3.63) is 45.0 Å². The summed E-state index contributed by atoms with van der Waals surface area (Å²) in [5, 5.41) is 12.5. The van der Waals surface area contributed by atoms with Crippen LogP contribution in [0.2, 0.25) is 0 Å². The van der Waals surface area contributed by atoms with Crippen molar-refractivity contribution >= 4 is 28.3 Å². The van der Waals surface area contributed by atoms with Crippen LogP contribution in [0.1, 0.15) is 42.4 Å². The molecule has 0 aliphatic heterocycles. The monoisotopic (exact) mass is 304 g/mol. The topological polar surface area (TPSA) is 79.3 Å². The van der Waals surface area contributed by atoms with E-state index in [0.29, 0.717) is 16.3 Å². The SMILES string of the molecule is Cc1ccc(C)c(C(=O)Nc2nc(C)c(C)s2)c1C(=O)O. The minimum atomic E-state index is -1.10. The van der Waals surface area contributed by atoms with Gasteiger partial charge >= 0.3 is 5.97 Å². The van der Waals surface area contributed by atoms with E-state index in [4.69, 9.17) is 0 Å². The highest BCUT2D eigenvalue weighted by Crippen LogP contribution is 2.24. The number of carbonyl (C=O) groups excluding carboxylic acids is 1. The van der Waals surface area contributed by atoms with Gasteiger partial charge in [-0.1, -0.05) is 12.1 Å². The zero-order valence-corrected chi connectivity index (χ0v) is 13.1. The number of nitrogens with zero attached hydrogens (tertiary/aromatic N) is 1. The van der Waals surface area contributed by atoms with Gasteiger partial charge in [0.15, 0.2) is 5.13 Å². The van der Waals surface area contributed by atoms with E-state index >= 15 is 0 Å². The van der Waals surface area contributed by atoms with Crippen molar-refractivity contribution in [1.29, 1.82) is 0 Å². The van der Waals surface area contributed by atoms with Crippen LogP contribution in [-0.2, 0) is 0 Å². The number of aryl methyl sites for hydroxylation is 4. The molecular weight excluding hydrogens is 288 g/mol. The third-order valence-corrected chi connectivity index (χ3v) is 4.30. The van der Waals surface area contributed by atoms with E-state index in [2.05, 4.69) is 10.3 Å². The predicted octanol–water partition coefficient (Wildman–Crippen LogP) is 3.33. The Morgan fingerprint density at radius 3 is 2.14 bits per heavy atom. The van der Waals surface area contributed by atoms with Crippen molar-refractivity contribution < 1.29 is 14.7 Å². The van der Waals surface area contributed by atoms with Crippen LogP contribution in [-0.4, -0.2) is 22.0 Å². The molecule has 0 bridgehead atoms. The average molecular weight is 304 g/mol. The fourth-order valence-electron chi connectivity index (χ4n) is 2.07. The van der Waals surface area contributed by atoms with Gasteiger partial charge in [-0.3, -0.25) is 10.1 Å². The second kappa shape index (κ2) is 5.65. The summed E-state index contributed by atoms with van der Waals surface area (Å²) in [4.78, 5) is 29.1. The highest BCUT2D eigenvalue weighted by molar-refractivity contribution is 7.15. The lowest BCUT2D eigenvalue weighted by Gasteiger charge is -2.11. The van der Waals surface area contributed by atoms with E-state index in [9.17, 15) is 14.7 Å². The first kappa shape index (κ1) is 15.2. The Morgan fingerprint density at radius 1 is 1.10 bits per heavy atom. The largest absolute Gasteiger partial charge is 0.478 e. The van der Waals surface area contributed by atoms with Crippen molar-refractivity contribution in [2.45, 2.75) is 27.7 Å². The zero-order valence-electron chi connectivity index (χ0n) is 12.3. The molecule has 1 amide bonds. The summed E-state index contributed by atoms with van der Waals surface area (Å²) in [5.74, 6) is -1.55. The van der Waals surface area contributed by atoms with E-state index in [0.717, 1.165) is 10.6 Å². The first-order chi connectivity index (χ1) is 9.81. The van der Waals surface area contributed by atoms with Gasteiger partial charge < -0.3 is 5.11 Å². The lowest BCUT2D eigenvalue weighted by Crippen LogP contribution is -2.19. The number of thiazole rings is 1. The molecule has 1 aromatic carbocycles. The molecule has 0 aliphatic carbocycles. The summed E-state index contributed by atoms with van der Waals surface area (Å²) in [5.41, 5.74) is 2.27. The van der Waals surface area contributed by atoms with Crippen molar-refractivity contribution in [3.63, 3.8) is 0 Å². The first-order valence-corrected chi connectivity index (χ1v) is 7.21. The number of carbonyl (C=O) groups is 2.